The Bertz CT molecular complexity index is 866. The quantitative estimate of drug-likeness (QED) is 0.357. The van der Waals surface area contributed by atoms with Crippen molar-refractivity contribution in [1.82, 2.24) is 9.97 Å². The lowest BCUT2D eigenvalue weighted by molar-refractivity contribution is 0.0526. The maximum Gasteiger partial charge on any atom is 0.343 e. The van der Waals surface area contributed by atoms with E-state index in [1.807, 2.05) is 26.8 Å². The number of carbonyl (C=O) groups excluding carboxylic acids is 2. The van der Waals surface area contributed by atoms with Crippen molar-refractivity contribution >= 4 is 29.3 Å². The van der Waals surface area contributed by atoms with E-state index in [1.165, 1.54) is 18.0 Å². The van der Waals surface area contributed by atoms with Crippen LogP contribution in [0.1, 0.15) is 56.8 Å². The first-order valence-corrected chi connectivity index (χ1v) is 9.27. The van der Waals surface area contributed by atoms with Crippen LogP contribution in [0, 0.1) is 20.8 Å². The van der Waals surface area contributed by atoms with Crippen molar-refractivity contribution in [1.29, 1.82) is 0 Å². The fraction of sp³-hybridized carbons (Fsp3) is 0.368. The minimum atomic E-state index is -0.530. The number of hydrogen-bond donors (Lipinski definition) is 1. The standard InChI is InChI=1S/C19H23N3O3S/c1-6-25-18(24)14-8-21-19(22-17(14)20)26-9-15-10(2)7-11(3)16(12(15)4)13(5)23/h7-8H,6,9H2,1-5H3,(H2,20,21,22). The number of esters is 1. The molecule has 26 heavy (non-hydrogen) atoms. The van der Waals surface area contributed by atoms with Gasteiger partial charge in [-0.05, 0) is 56.9 Å². The number of ether oxygens (including phenoxy) is 1. The molecule has 0 spiro atoms. The molecule has 7 heteroatoms. The molecule has 0 fully saturated rings. The Labute approximate surface area is 157 Å². The zero-order valence-corrected chi connectivity index (χ0v) is 16.5. The molecule has 0 bridgehead atoms. The second kappa shape index (κ2) is 8.31. The van der Waals surface area contributed by atoms with E-state index in [9.17, 15) is 9.59 Å². The lowest BCUT2D eigenvalue weighted by Gasteiger charge is -2.15. The van der Waals surface area contributed by atoms with Crippen molar-refractivity contribution in [3.63, 3.8) is 0 Å². The van der Waals surface area contributed by atoms with Crippen LogP contribution in [0.4, 0.5) is 5.82 Å². The highest BCUT2D eigenvalue weighted by molar-refractivity contribution is 7.98. The fourth-order valence-electron chi connectivity index (χ4n) is 2.94. The van der Waals surface area contributed by atoms with Crippen LogP contribution in [0.25, 0.3) is 0 Å². The fourth-order valence-corrected chi connectivity index (χ4v) is 3.95. The number of Topliss-reactive ketones (excluding diaryl/α,β-unsaturated/α-hetero) is 1. The molecular formula is C19H23N3O3S. The number of benzene rings is 1. The summed E-state index contributed by atoms with van der Waals surface area (Å²) in [6.45, 7) is 9.51. The Morgan fingerprint density at radius 2 is 1.92 bits per heavy atom. The predicted octanol–water partition coefficient (Wildman–Crippen LogP) is 3.66. The summed E-state index contributed by atoms with van der Waals surface area (Å²) in [5.41, 5.74) is 11.0. The van der Waals surface area contributed by atoms with E-state index in [2.05, 4.69) is 9.97 Å². The summed E-state index contributed by atoms with van der Waals surface area (Å²) in [6, 6.07) is 2.03. The van der Waals surface area contributed by atoms with Crippen LogP contribution in [0.15, 0.2) is 17.4 Å². The number of nitrogen functional groups attached to an aromatic ring is 1. The van der Waals surface area contributed by atoms with Crippen molar-refractivity contribution in [2.75, 3.05) is 12.3 Å². The first kappa shape index (κ1) is 19.9. The van der Waals surface area contributed by atoms with Crippen LogP contribution in [0.5, 0.6) is 0 Å². The Morgan fingerprint density at radius 1 is 1.23 bits per heavy atom. The maximum atomic E-state index is 11.9. The number of rotatable bonds is 6. The van der Waals surface area contributed by atoms with Gasteiger partial charge in [-0.2, -0.15) is 0 Å². The largest absolute Gasteiger partial charge is 0.462 e. The molecule has 1 heterocycles. The Balaban J connectivity index is 2.24. The van der Waals surface area contributed by atoms with E-state index in [1.54, 1.807) is 13.8 Å². The maximum absolute atomic E-state index is 11.9. The number of thioether (sulfide) groups is 1. The molecule has 0 amide bonds. The second-order valence-electron chi connectivity index (χ2n) is 6.01. The summed E-state index contributed by atoms with van der Waals surface area (Å²) in [4.78, 5) is 32.1. The third kappa shape index (κ3) is 4.22. The van der Waals surface area contributed by atoms with Gasteiger partial charge in [0.15, 0.2) is 10.9 Å². The number of nitrogens with zero attached hydrogens (tertiary/aromatic N) is 2. The lowest BCUT2D eigenvalue weighted by atomic mass is 9.92. The van der Waals surface area contributed by atoms with Gasteiger partial charge in [-0.1, -0.05) is 17.8 Å². The Morgan fingerprint density at radius 3 is 2.50 bits per heavy atom. The van der Waals surface area contributed by atoms with Gasteiger partial charge in [0.25, 0.3) is 0 Å². The highest BCUT2D eigenvalue weighted by Gasteiger charge is 2.16. The Kier molecular flexibility index (Phi) is 6.37. The third-order valence-corrected chi connectivity index (χ3v) is 5.01. The molecule has 2 aromatic rings. The molecule has 1 aromatic carbocycles. The van der Waals surface area contributed by atoms with Crippen molar-refractivity contribution in [2.24, 2.45) is 0 Å². The normalized spacial score (nSPS) is 10.7. The summed E-state index contributed by atoms with van der Waals surface area (Å²) in [6.07, 6.45) is 1.39. The summed E-state index contributed by atoms with van der Waals surface area (Å²) >= 11 is 1.41. The van der Waals surface area contributed by atoms with Crippen molar-refractivity contribution in [3.05, 3.63) is 45.6 Å². The first-order valence-electron chi connectivity index (χ1n) is 8.29. The number of ketones is 1. The van der Waals surface area contributed by atoms with Crippen molar-refractivity contribution in [3.8, 4) is 0 Å². The second-order valence-corrected chi connectivity index (χ2v) is 6.95. The highest BCUT2D eigenvalue weighted by Crippen LogP contribution is 2.29. The van der Waals surface area contributed by atoms with Gasteiger partial charge in [-0.3, -0.25) is 4.79 Å². The van der Waals surface area contributed by atoms with Crippen LogP contribution in [0.3, 0.4) is 0 Å². The number of carbonyl (C=O) groups is 2. The van der Waals surface area contributed by atoms with Gasteiger partial charge in [-0.15, -0.1) is 0 Å². The SMILES string of the molecule is CCOC(=O)c1cnc(SCc2c(C)cc(C)c(C(C)=O)c2C)nc1N. The summed E-state index contributed by atoms with van der Waals surface area (Å²) in [5, 5.41) is 0.472. The molecule has 2 N–H and O–H groups in total. The van der Waals surface area contributed by atoms with Crippen LogP contribution in [-0.4, -0.2) is 28.3 Å². The molecule has 6 nitrogen and oxygen atoms in total. The number of hydrogen-bond acceptors (Lipinski definition) is 7. The van der Waals surface area contributed by atoms with E-state index in [0.29, 0.717) is 10.9 Å². The number of anilines is 1. The number of aryl methyl sites for hydroxylation is 2. The van der Waals surface area contributed by atoms with E-state index >= 15 is 0 Å². The minimum absolute atomic E-state index is 0.0607. The van der Waals surface area contributed by atoms with Gasteiger partial charge in [0.2, 0.25) is 0 Å². The first-order chi connectivity index (χ1) is 12.3. The van der Waals surface area contributed by atoms with Crippen molar-refractivity contribution < 1.29 is 14.3 Å². The average molecular weight is 373 g/mol. The van der Waals surface area contributed by atoms with Crippen molar-refractivity contribution in [2.45, 2.75) is 45.5 Å². The van der Waals surface area contributed by atoms with Gasteiger partial charge in [0.05, 0.1) is 6.61 Å². The predicted molar refractivity (Wildman–Crippen MR) is 103 cm³/mol. The van der Waals surface area contributed by atoms with Gasteiger partial charge in [0, 0.05) is 17.5 Å². The molecule has 0 aliphatic carbocycles. The lowest BCUT2D eigenvalue weighted by Crippen LogP contribution is -2.10. The zero-order chi connectivity index (χ0) is 19.4. The molecule has 0 saturated carbocycles. The van der Waals surface area contributed by atoms with Crippen LogP contribution >= 0.6 is 11.8 Å². The van der Waals surface area contributed by atoms with Crippen LogP contribution < -0.4 is 5.73 Å². The van der Waals surface area contributed by atoms with Gasteiger partial charge < -0.3 is 10.5 Å². The minimum Gasteiger partial charge on any atom is -0.462 e. The van der Waals surface area contributed by atoms with E-state index in [-0.39, 0.29) is 23.8 Å². The number of aromatic nitrogens is 2. The van der Waals surface area contributed by atoms with Crippen LogP contribution in [0.2, 0.25) is 0 Å². The molecule has 1 aromatic heterocycles. The summed E-state index contributed by atoms with van der Waals surface area (Å²) in [5.74, 6) is 0.238. The molecule has 0 aliphatic rings. The summed E-state index contributed by atoms with van der Waals surface area (Å²) in [7, 11) is 0. The van der Waals surface area contributed by atoms with Gasteiger partial charge in [0.1, 0.15) is 11.4 Å². The molecule has 0 aliphatic heterocycles. The highest BCUT2D eigenvalue weighted by atomic mass is 32.2. The Hall–Kier alpha value is -2.41. The molecule has 2 rings (SSSR count). The van der Waals surface area contributed by atoms with E-state index in [4.69, 9.17) is 10.5 Å². The number of nitrogens with two attached hydrogens (primary N) is 1. The molecular weight excluding hydrogens is 350 g/mol. The van der Waals surface area contributed by atoms with Gasteiger partial charge >= 0.3 is 5.97 Å². The van der Waals surface area contributed by atoms with Gasteiger partial charge in [-0.25, -0.2) is 14.8 Å². The monoisotopic (exact) mass is 373 g/mol. The van der Waals surface area contributed by atoms with Crippen LogP contribution in [-0.2, 0) is 10.5 Å². The third-order valence-electron chi connectivity index (χ3n) is 4.12. The molecule has 0 atom stereocenters. The molecule has 0 saturated heterocycles. The van der Waals surface area contributed by atoms with E-state index in [0.717, 1.165) is 27.8 Å². The summed E-state index contributed by atoms with van der Waals surface area (Å²) < 4.78 is 4.92. The molecule has 0 radical (unpaired) electrons. The smallest absolute Gasteiger partial charge is 0.343 e. The molecule has 138 valence electrons. The average Bonchev–Trinajstić information content (AvgIpc) is 2.54. The molecule has 0 unspecified atom stereocenters. The van der Waals surface area contributed by atoms with E-state index < -0.39 is 5.97 Å². The zero-order valence-electron chi connectivity index (χ0n) is 15.7. The topological polar surface area (TPSA) is 95.2 Å².